The van der Waals surface area contributed by atoms with E-state index in [2.05, 4.69) is 17.1 Å². The van der Waals surface area contributed by atoms with Crippen molar-refractivity contribution >= 4 is 17.1 Å². The molecule has 5 heteroatoms. The molecule has 0 amide bonds. The zero-order valence-electron chi connectivity index (χ0n) is 18.8. The molecule has 33 heavy (non-hydrogen) atoms. The molecule has 0 unspecified atom stereocenters. The van der Waals surface area contributed by atoms with E-state index in [1.165, 1.54) is 17.2 Å². The average molecular weight is 446 g/mol. The van der Waals surface area contributed by atoms with Gasteiger partial charge in [0.15, 0.2) is 0 Å². The number of cyclic esters (lactones) is 1. The molecule has 1 aliphatic heterocycles. The third kappa shape index (κ3) is 4.30. The Kier molecular flexibility index (Phi) is 5.75. The summed E-state index contributed by atoms with van der Waals surface area (Å²) in [5, 5.41) is 10.00. The number of rotatable bonds is 4. The first-order valence-corrected chi connectivity index (χ1v) is 11.6. The number of aryl methyl sites for hydroxylation is 1. The van der Waals surface area contributed by atoms with Crippen molar-refractivity contribution in [3.8, 4) is 0 Å². The molecule has 1 aromatic heterocycles. The van der Waals surface area contributed by atoms with E-state index in [9.17, 15) is 14.3 Å². The van der Waals surface area contributed by atoms with Crippen LogP contribution in [0.4, 0.5) is 4.39 Å². The number of carbonyl (C=O) groups is 1. The zero-order chi connectivity index (χ0) is 23.0. The Hall–Kier alpha value is -3.05. The minimum Gasteiger partial charge on any atom is -0.458 e. The smallest absolute Gasteiger partial charge is 0.309 e. The first-order valence-electron chi connectivity index (χ1n) is 11.6. The molecule has 0 radical (unpaired) electrons. The minimum atomic E-state index is -0.670. The first kappa shape index (κ1) is 21.8. The van der Waals surface area contributed by atoms with E-state index in [0.29, 0.717) is 12.0 Å². The summed E-state index contributed by atoms with van der Waals surface area (Å²) >= 11 is 0. The van der Waals surface area contributed by atoms with Crippen LogP contribution < -0.4 is 0 Å². The molecule has 2 fully saturated rings. The number of aliphatic hydroxyl groups excluding tert-OH is 1. The van der Waals surface area contributed by atoms with Gasteiger partial charge in [0, 0.05) is 18.8 Å². The summed E-state index contributed by atoms with van der Waals surface area (Å²) in [6, 6.07) is 9.35. The normalized spacial score (nSPS) is 24.6. The number of benzene rings is 1. The van der Waals surface area contributed by atoms with Crippen LogP contribution in [0.15, 0.2) is 66.5 Å². The summed E-state index contributed by atoms with van der Waals surface area (Å²) in [6.45, 7) is 1.78. The van der Waals surface area contributed by atoms with E-state index < -0.39 is 12.2 Å². The number of allylic oxidation sites excluding steroid dienone is 5. The van der Waals surface area contributed by atoms with E-state index in [-0.39, 0.29) is 23.6 Å². The number of aliphatic hydroxyl groups is 1. The van der Waals surface area contributed by atoms with Crippen molar-refractivity contribution in [2.45, 2.75) is 57.7 Å². The number of hydrogen-bond donors (Lipinski definition) is 1. The number of halogens is 1. The third-order valence-corrected chi connectivity index (χ3v) is 7.21. The fourth-order valence-electron chi connectivity index (χ4n) is 5.30. The van der Waals surface area contributed by atoms with E-state index in [1.807, 2.05) is 42.7 Å². The molecule has 2 atom stereocenters. The van der Waals surface area contributed by atoms with Crippen molar-refractivity contribution in [3.63, 3.8) is 0 Å². The number of pyridine rings is 1. The standard InChI is InChI=1S/C28H28FNO3/c1-18-13-20(3-6-26(18)29)24-14-21(19-7-11-30-12-8-19)17-28(9-2-10-28)25(24)5-4-23-15-22(31)16-27(32)33-23/h3-8,11-14,22-23,31H,2,9-10,15-17H2,1H3/b5-4+/t22-,23-/m1/s1. The van der Waals surface area contributed by atoms with Gasteiger partial charge >= 0.3 is 5.97 Å². The van der Waals surface area contributed by atoms with Crippen molar-refractivity contribution < 1.29 is 19.0 Å². The molecule has 2 aromatic rings. The topological polar surface area (TPSA) is 59.4 Å². The largest absolute Gasteiger partial charge is 0.458 e. The maximum Gasteiger partial charge on any atom is 0.309 e. The van der Waals surface area contributed by atoms with Gasteiger partial charge in [-0.2, -0.15) is 0 Å². The van der Waals surface area contributed by atoms with Gasteiger partial charge in [0.25, 0.3) is 0 Å². The highest BCUT2D eigenvalue weighted by molar-refractivity contribution is 5.90. The highest BCUT2D eigenvalue weighted by Gasteiger charge is 2.43. The lowest BCUT2D eigenvalue weighted by atomic mass is 9.57. The number of carbonyl (C=O) groups excluding carboxylic acids is 1. The van der Waals surface area contributed by atoms with Gasteiger partial charge in [-0.15, -0.1) is 0 Å². The maximum atomic E-state index is 14.1. The summed E-state index contributed by atoms with van der Waals surface area (Å²) in [7, 11) is 0. The number of nitrogens with zero attached hydrogens (tertiary/aromatic N) is 1. The molecule has 1 spiro atoms. The second kappa shape index (κ2) is 8.71. The van der Waals surface area contributed by atoms with Gasteiger partial charge in [-0.1, -0.05) is 24.6 Å². The molecule has 2 heterocycles. The average Bonchev–Trinajstić information content (AvgIpc) is 2.78. The summed E-state index contributed by atoms with van der Waals surface area (Å²) in [5.41, 5.74) is 6.28. The predicted octanol–water partition coefficient (Wildman–Crippen LogP) is 5.56. The fourth-order valence-corrected chi connectivity index (χ4v) is 5.30. The van der Waals surface area contributed by atoms with Crippen molar-refractivity contribution in [1.29, 1.82) is 0 Å². The van der Waals surface area contributed by atoms with Crippen LogP contribution in [0.2, 0.25) is 0 Å². The van der Waals surface area contributed by atoms with Crippen LogP contribution in [0.25, 0.3) is 11.1 Å². The Morgan fingerprint density at radius 3 is 2.64 bits per heavy atom. The molecular formula is C28H28FNO3. The van der Waals surface area contributed by atoms with Crippen LogP contribution >= 0.6 is 0 Å². The maximum absolute atomic E-state index is 14.1. The minimum absolute atomic E-state index is 0.00122. The van der Waals surface area contributed by atoms with E-state index in [4.69, 9.17) is 4.74 Å². The monoisotopic (exact) mass is 445 g/mol. The van der Waals surface area contributed by atoms with Gasteiger partial charge in [0.1, 0.15) is 11.9 Å². The molecule has 1 saturated heterocycles. The molecule has 170 valence electrons. The Balaban J connectivity index is 1.63. The van der Waals surface area contributed by atoms with Crippen molar-refractivity contribution in [1.82, 2.24) is 4.98 Å². The van der Waals surface area contributed by atoms with Crippen LogP contribution in [0, 0.1) is 18.2 Å². The number of ether oxygens (including phenoxy) is 1. The van der Waals surface area contributed by atoms with Gasteiger partial charge in [0.2, 0.25) is 0 Å². The quantitative estimate of drug-likeness (QED) is 0.626. The van der Waals surface area contributed by atoms with Gasteiger partial charge in [-0.05, 0) is 95.4 Å². The van der Waals surface area contributed by atoms with E-state index in [1.54, 1.807) is 6.92 Å². The molecule has 0 bridgehead atoms. The zero-order valence-corrected chi connectivity index (χ0v) is 18.8. The third-order valence-electron chi connectivity index (χ3n) is 7.21. The summed E-state index contributed by atoms with van der Waals surface area (Å²) in [6.07, 6.45) is 13.4. The Labute approximate surface area is 193 Å². The van der Waals surface area contributed by atoms with Crippen molar-refractivity contribution in [2.75, 3.05) is 0 Å². The summed E-state index contributed by atoms with van der Waals surface area (Å²) in [4.78, 5) is 16.0. The molecule has 1 N–H and O–H groups in total. The van der Waals surface area contributed by atoms with Crippen molar-refractivity contribution in [3.05, 3.63) is 89.0 Å². The number of aromatic nitrogens is 1. The Morgan fingerprint density at radius 1 is 1.18 bits per heavy atom. The lowest BCUT2D eigenvalue weighted by Crippen LogP contribution is -2.34. The highest BCUT2D eigenvalue weighted by Crippen LogP contribution is 2.58. The summed E-state index contributed by atoms with van der Waals surface area (Å²) in [5.74, 6) is -0.583. The van der Waals surface area contributed by atoms with Gasteiger partial charge < -0.3 is 9.84 Å². The molecule has 5 rings (SSSR count). The lowest BCUT2D eigenvalue weighted by molar-refractivity contribution is -0.156. The highest BCUT2D eigenvalue weighted by atomic mass is 19.1. The second-order valence-electron chi connectivity index (χ2n) is 9.49. The Bertz CT molecular complexity index is 1160. The molecular weight excluding hydrogens is 417 g/mol. The van der Waals surface area contributed by atoms with Crippen LogP contribution in [0.3, 0.4) is 0 Å². The van der Waals surface area contributed by atoms with Crippen LogP contribution in [-0.4, -0.2) is 28.3 Å². The lowest BCUT2D eigenvalue weighted by Gasteiger charge is -2.47. The predicted molar refractivity (Wildman–Crippen MR) is 125 cm³/mol. The molecule has 2 aliphatic carbocycles. The van der Waals surface area contributed by atoms with Crippen LogP contribution in [-0.2, 0) is 9.53 Å². The van der Waals surface area contributed by atoms with E-state index >= 15 is 0 Å². The van der Waals surface area contributed by atoms with E-state index in [0.717, 1.165) is 42.4 Å². The van der Waals surface area contributed by atoms with Gasteiger partial charge in [-0.25, -0.2) is 4.39 Å². The molecule has 1 aromatic carbocycles. The number of esters is 1. The van der Waals surface area contributed by atoms with Crippen LogP contribution in [0.1, 0.15) is 55.2 Å². The number of hydrogen-bond acceptors (Lipinski definition) is 4. The molecule has 1 saturated carbocycles. The fraction of sp³-hybridized carbons (Fsp3) is 0.357. The molecule has 3 aliphatic rings. The second-order valence-corrected chi connectivity index (χ2v) is 9.49. The SMILES string of the molecule is Cc1cc(C2=C(/C=C/[C@@H]3C[C@@H](O)CC(=O)O3)C3(CCC3)CC(c3ccncc3)=C2)ccc1F. The van der Waals surface area contributed by atoms with Gasteiger partial charge in [0.05, 0.1) is 12.5 Å². The molecule has 4 nitrogen and oxygen atoms in total. The van der Waals surface area contributed by atoms with Crippen LogP contribution in [0.5, 0.6) is 0 Å². The Morgan fingerprint density at radius 2 is 1.97 bits per heavy atom. The summed E-state index contributed by atoms with van der Waals surface area (Å²) < 4.78 is 19.5. The first-order chi connectivity index (χ1) is 15.9. The van der Waals surface area contributed by atoms with Gasteiger partial charge in [-0.3, -0.25) is 9.78 Å². The van der Waals surface area contributed by atoms with Crippen molar-refractivity contribution in [2.24, 2.45) is 5.41 Å².